The van der Waals surface area contributed by atoms with Crippen LogP contribution in [0.2, 0.25) is 0 Å². The molecule has 0 bridgehead atoms. The molecular weight excluding hydrogens is 454 g/mol. The number of hydrogen-bond donors (Lipinski definition) is 2. The summed E-state index contributed by atoms with van der Waals surface area (Å²) in [7, 11) is 0.581. The molecule has 0 atom stereocenters. The highest BCUT2D eigenvalue weighted by Gasteiger charge is 2.14. The molecule has 34 heavy (non-hydrogen) atoms. The fourth-order valence-electron chi connectivity index (χ4n) is 3.36. The molecule has 1 aromatic carbocycles. The maximum Gasteiger partial charge on any atom is 0.262 e. The first-order chi connectivity index (χ1) is 16.2. The van der Waals surface area contributed by atoms with E-state index >= 15 is 0 Å². The Morgan fingerprint density at radius 1 is 1.03 bits per heavy atom. The third-order valence-electron chi connectivity index (χ3n) is 5.11. The van der Waals surface area contributed by atoms with Gasteiger partial charge in [0, 0.05) is 43.6 Å². The van der Waals surface area contributed by atoms with Crippen LogP contribution in [0.3, 0.4) is 0 Å². The predicted octanol–water partition coefficient (Wildman–Crippen LogP) is 2.64. The monoisotopic (exact) mass is 479 g/mol. The Bertz CT molecular complexity index is 1470. The van der Waals surface area contributed by atoms with Crippen molar-refractivity contribution in [1.29, 1.82) is 0 Å². The van der Waals surface area contributed by atoms with Crippen LogP contribution in [0.4, 0.5) is 23.1 Å². The van der Waals surface area contributed by atoms with Crippen LogP contribution in [-0.4, -0.2) is 59.7 Å². The lowest BCUT2D eigenvalue weighted by Crippen LogP contribution is -2.26. The van der Waals surface area contributed by atoms with Crippen molar-refractivity contribution in [3.8, 4) is 0 Å². The Morgan fingerprint density at radius 2 is 1.79 bits per heavy atom. The largest absolute Gasteiger partial charge is 0.339 e. The number of benzene rings is 1. The van der Waals surface area contributed by atoms with E-state index in [1.54, 1.807) is 47.6 Å². The van der Waals surface area contributed by atoms with Gasteiger partial charge in [0.1, 0.15) is 17.5 Å². The zero-order valence-corrected chi connectivity index (χ0v) is 19.9. The standard InChI is InChI=1S/C23H25N7O3S/c1-29(2)12-13-30-11-8-16-14-19(27-20-15-24-9-10-25-20)28-22(21(16)23(30)31)26-17-4-6-18(7-5-17)34(3,32)33/h4-11,14-15H,12-13H2,1-3H3,(H2,25,26,27,28). The molecule has 2 N–H and O–H groups in total. The maximum absolute atomic E-state index is 13.3. The molecule has 4 aromatic rings. The van der Waals surface area contributed by atoms with Crippen molar-refractivity contribution < 1.29 is 8.42 Å². The highest BCUT2D eigenvalue weighted by Crippen LogP contribution is 2.27. The van der Waals surface area contributed by atoms with Gasteiger partial charge in [-0.25, -0.2) is 18.4 Å². The van der Waals surface area contributed by atoms with Crippen molar-refractivity contribution in [2.45, 2.75) is 11.4 Å². The van der Waals surface area contributed by atoms with Gasteiger partial charge in [-0.2, -0.15) is 0 Å². The highest BCUT2D eigenvalue weighted by molar-refractivity contribution is 7.90. The minimum Gasteiger partial charge on any atom is -0.339 e. The molecule has 11 heteroatoms. The highest BCUT2D eigenvalue weighted by atomic mass is 32.2. The summed E-state index contributed by atoms with van der Waals surface area (Å²) in [6.07, 6.45) is 7.63. The summed E-state index contributed by atoms with van der Waals surface area (Å²) in [5.41, 5.74) is 0.425. The summed E-state index contributed by atoms with van der Waals surface area (Å²) in [5, 5.41) is 7.41. The fraction of sp³-hybridized carbons (Fsp3) is 0.217. The maximum atomic E-state index is 13.3. The smallest absolute Gasteiger partial charge is 0.262 e. The minimum atomic E-state index is -3.32. The van der Waals surface area contributed by atoms with Gasteiger partial charge in [0.2, 0.25) is 0 Å². The van der Waals surface area contributed by atoms with E-state index in [9.17, 15) is 13.2 Å². The van der Waals surface area contributed by atoms with Gasteiger partial charge in [-0.3, -0.25) is 9.78 Å². The summed E-state index contributed by atoms with van der Waals surface area (Å²) in [5.74, 6) is 1.34. The second-order valence-corrected chi connectivity index (χ2v) is 10.1. The van der Waals surface area contributed by atoms with E-state index < -0.39 is 9.84 Å². The first kappa shape index (κ1) is 23.3. The van der Waals surface area contributed by atoms with Crippen LogP contribution >= 0.6 is 0 Å². The first-order valence-electron chi connectivity index (χ1n) is 10.5. The normalized spacial score (nSPS) is 11.6. The second-order valence-electron chi connectivity index (χ2n) is 8.08. The molecule has 0 unspecified atom stereocenters. The molecule has 0 aliphatic carbocycles. The van der Waals surface area contributed by atoms with Crippen LogP contribution in [0, 0.1) is 0 Å². The quantitative estimate of drug-likeness (QED) is 0.393. The lowest BCUT2D eigenvalue weighted by atomic mass is 10.2. The molecule has 0 saturated carbocycles. The van der Waals surface area contributed by atoms with Gasteiger partial charge in [-0.1, -0.05) is 0 Å². The molecule has 10 nitrogen and oxygen atoms in total. The number of aromatic nitrogens is 4. The fourth-order valence-corrected chi connectivity index (χ4v) is 3.99. The lowest BCUT2D eigenvalue weighted by Gasteiger charge is -2.15. The Morgan fingerprint density at radius 3 is 2.44 bits per heavy atom. The van der Waals surface area contributed by atoms with Gasteiger partial charge < -0.3 is 20.1 Å². The van der Waals surface area contributed by atoms with Crippen molar-refractivity contribution in [2.75, 3.05) is 37.5 Å². The molecule has 0 amide bonds. The van der Waals surface area contributed by atoms with Gasteiger partial charge in [-0.15, -0.1) is 0 Å². The Labute approximate surface area is 197 Å². The molecule has 3 aromatic heterocycles. The van der Waals surface area contributed by atoms with E-state index in [0.717, 1.165) is 6.26 Å². The molecular formula is C23H25N7O3S. The third kappa shape index (κ3) is 5.38. The van der Waals surface area contributed by atoms with Crippen LogP contribution < -0.4 is 16.2 Å². The number of fused-ring (bicyclic) bond motifs is 1. The van der Waals surface area contributed by atoms with Crippen molar-refractivity contribution >= 4 is 43.8 Å². The molecule has 0 aliphatic rings. The van der Waals surface area contributed by atoms with Crippen molar-refractivity contribution in [3.05, 3.63) is 71.5 Å². The first-order valence-corrected chi connectivity index (χ1v) is 12.4. The van der Waals surface area contributed by atoms with Gasteiger partial charge in [0.25, 0.3) is 5.56 Å². The number of likely N-dealkylation sites (N-methyl/N-ethyl adjacent to an activating group) is 1. The number of rotatable bonds is 8. The molecule has 176 valence electrons. The summed E-state index contributed by atoms with van der Waals surface area (Å²) < 4.78 is 25.2. The van der Waals surface area contributed by atoms with E-state index in [4.69, 9.17) is 0 Å². The van der Waals surface area contributed by atoms with Crippen molar-refractivity contribution in [1.82, 2.24) is 24.4 Å². The van der Waals surface area contributed by atoms with Gasteiger partial charge in [-0.05, 0) is 55.9 Å². The number of sulfone groups is 1. The van der Waals surface area contributed by atoms with E-state index in [-0.39, 0.29) is 10.5 Å². The van der Waals surface area contributed by atoms with Gasteiger partial charge >= 0.3 is 0 Å². The zero-order chi connectivity index (χ0) is 24.3. The Hall–Kier alpha value is -3.83. The molecule has 0 spiro atoms. The van der Waals surface area contributed by atoms with Crippen LogP contribution in [0.15, 0.2) is 70.9 Å². The van der Waals surface area contributed by atoms with Crippen LogP contribution in [0.25, 0.3) is 10.8 Å². The number of hydrogen-bond acceptors (Lipinski definition) is 9. The van der Waals surface area contributed by atoms with Gasteiger partial charge in [0.15, 0.2) is 9.84 Å². The zero-order valence-electron chi connectivity index (χ0n) is 19.1. The van der Waals surface area contributed by atoms with Crippen molar-refractivity contribution in [3.63, 3.8) is 0 Å². The molecule has 3 heterocycles. The molecule has 0 saturated heterocycles. The van der Waals surface area contributed by atoms with E-state index in [0.29, 0.717) is 47.0 Å². The van der Waals surface area contributed by atoms with E-state index in [2.05, 4.69) is 25.6 Å². The van der Waals surface area contributed by atoms with Crippen LogP contribution in [0.1, 0.15) is 0 Å². The van der Waals surface area contributed by atoms with E-state index in [1.807, 2.05) is 25.1 Å². The number of nitrogens with one attached hydrogen (secondary N) is 2. The predicted molar refractivity (Wildman–Crippen MR) is 133 cm³/mol. The van der Waals surface area contributed by atoms with Crippen LogP contribution in [0.5, 0.6) is 0 Å². The third-order valence-corrected chi connectivity index (χ3v) is 6.24. The number of pyridine rings is 2. The number of anilines is 4. The second kappa shape index (κ2) is 9.57. The molecule has 0 fully saturated rings. The average molecular weight is 480 g/mol. The van der Waals surface area contributed by atoms with Gasteiger partial charge in [0.05, 0.1) is 16.5 Å². The summed E-state index contributed by atoms with van der Waals surface area (Å²) >= 11 is 0. The summed E-state index contributed by atoms with van der Waals surface area (Å²) in [6, 6.07) is 9.95. The number of nitrogens with zero attached hydrogens (tertiary/aromatic N) is 5. The average Bonchev–Trinajstić information content (AvgIpc) is 2.79. The van der Waals surface area contributed by atoms with Crippen molar-refractivity contribution in [2.24, 2.45) is 0 Å². The Balaban J connectivity index is 1.79. The topological polar surface area (TPSA) is 122 Å². The molecule has 0 aliphatic heterocycles. The SMILES string of the molecule is CN(C)CCn1ccc2cc(Nc3cnccn3)nc(Nc3ccc(S(C)(=O)=O)cc3)c2c1=O. The van der Waals surface area contributed by atoms with Crippen LogP contribution in [-0.2, 0) is 16.4 Å². The summed E-state index contributed by atoms with van der Waals surface area (Å²) in [4.78, 5) is 28.4. The molecule has 0 radical (unpaired) electrons. The molecule has 4 rings (SSSR count). The van der Waals surface area contributed by atoms with E-state index in [1.165, 1.54) is 12.1 Å². The lowest BCUT2D eigenvalue weighted by molar-refractivity contribution is 0.381. The minimum absolute atomic E-state index is 0.173. The Kier molecular flexibility index (Phi) is 6.57. The summed E-state index contributed by atoms with van der Waals surface area (Å²) in [6.45, 7) is 1.24.